The Morgan fingerprint density at radius 1 is 1.28 bits per heavy atom. The number of aryl methyl sites for hydroxylation is 1. The SMILES string of the molecule is Cc1cnc([C@H]2CCCN(c3cnccn3)C2)s1. The van der Waals surface area contributed by atoms with Gasteiger partial charge in [0.05, 0.1) is 11.2 Å². The van der Waals surface area contributed by atoms with Gasteiger partial charge in [-0.05, 0) is 19.8 Å². The molecule has 3 rings (SSSR count). The van der Waals surface area contributed by atoms with Crippen LogP contribution in [0.3, 0.4) is 0 Å². The topological polar surface area (TPSA) is 41.9 Å². The average molecular weight is 260 g/mol. The summed E-state index contributed by atoms with van der Waals surface area (Å²) in [4.78, 5) is 16.7. The molecule has 1 atom stereocenters. The molecule has 94 valence electrons. The van der Waals surface area contributed by atoms with Crippen LogP contribution in [0.5, 0.6) is 0 Å². The van der Waals surface area contributed by atoms with Gasteiger partial charge in [-0.3, -0.25) is 4.98 Å². The maximum absolute atomic E-state index is 4.52. The maximum atomic E-state index is 4.52. The highest BCUT2D eigenvalue weighted by Crippen LogP contribution is 2.31. The van der Waals surface area contributed by atoms with Crippen LogP contribution < -0.4 is 4.90 Å². The van der Waals surface area contributed by atoms with Gasteiger partial charge in [0.1, 0.15) is 5.82 Å². The molecule has 2 aromatic rings. The van der Waals surface area contributed by atoms with Crippen LogP contribution in [0.25, 0.3) is 0 Å². The monoisotopic (exact) mass is 260 g/mol. The van der Waals surface area contributed by atoms with E-state index in [9.17, 15) is 0 Å². The van der Waals surface area contributed by atoms with Crippen LogP contribution in [0.15, 0.2) is 24.8 Å². The molecule has 5 heteroatoms. The third-order valence-electron chi connectivity index (χ3n) is 3.28. The van der Waals surface area contributed by atoms with Gasteiger partial charge in [0, 0.05) is 42.5 Å². The molecule has 0 unspecified atom stereocenters. The van der Waals surface area contributed by atoms with Crippen molar-refractivity contribution < 1.29 is 0 Å². The van der Waals surface area contributed by atoms with Crippen LogP contribution in [-0.4, -0.2) is 28.0 Å². The highest BCUT2D eigenvalue weighted by molar-refractivity contribution is 7.11. The minimum absolute atomic E-state index is 0.541. The molecule has 4 nitrogen and oxygen atoms in total. The molecule has 1 aliphatic rings. The van der Waals surface area contributed by atoms with Gasteiger partial charge in [-0.25, -0.2) is 9.97 Å². The molecule has 1 aliphatic heterocycles. The Morgan fingerprint density at radius 2 is 2.22 bits per heavy atom. The zero-order valence-corrected chi connectivity index (χ0v) is 11.2. The summed E-state index contributed by atoms with van der Waals surface area (Å²) in [5.74, 6) is 1.52. The molecule has 0 amide bonds. The van der Waals surface area contributed by atoms with E-state index >= 15 is 0 Å². The predicted molar refractivity (Wildman–Crippen MR) is 73.1 cm³/mol. The summed E-state index contributed by atoms with van der Waals surface area (Å²) < 4.78 is 0. The molecule has 0 N–H and O–H groups in total. The second kappa shape index (κ2) is 5.02. The summed E-state index contributed by atoms with van der Waals surface area (Å²) in [5, 5.41) is 1.26. The predicted octanol–water partition coefficient (Wildman–Crippen LogP) is 2.63. The van der Waals surface area contributed by atoms with Gasteiger partial charge in [-0.2, -0.15) is 0 Å². The van der Waals surface area contributed by atoms with E-state index < -0.39 is 0 Å². The van der Waals surface area contributed by atoms with Crippen LogP contribution in [0.1, 0.15) is 28.6 Å². The molecule has 3 heterocycles. The Kier molecular flexibility index (Phi) is 3.23. The number of piperidine rings is 1. The Bertz CT molecular complexity index is 511. The first-order valence-corrected chi connectivity index (χ1v) is 7.08. The van der Waals surface area contributed by atoms with Gasteiger partial charge in [0.15, 0.2) is 0 Å². The molecular weight excluding hydrogens is 244 g/mol. The van der Waals surface area contributed by atoms with Gasteiger partial charge >= 0.3 is 0 Å². The summed E-state index contributed by atoms with van der Waals surface area (Å²) >= 11 is 1.82. The van der Waals surface area contributed by atoms with Crippen LogP contribution in [0.2, 0.25) is 0 Å². The van der Waals surface area contributed by atoms with Gasteiger partial charge in [0.2, 0.25) is 0 Å². The van der Waals surface area contributed by atoms with E-state index in [-0.39, 0.29) is 0 Å². The molecule has 1 saturated heterocycles. The first kappa shape index (κ1) is 11.6. The number of rotatable bonds is 2. The van der Waals surface area contributed by atoms with Crippen molar-refractivity contribution in [1.82, 2.24) is 15.0 Å². The lowest BCUT2D eigenvalue weighted by Gasteiger charge is -2.32. The van der Waals surface area contributed by atoms with Gasteiger partial charge in [-0.1, -0.05) is 0 Å². The van der Waals surface area contributed by atoms with Gasteiger partial charge < -0.3 is 4.90 Å². The first-order valence-electron chi connectivity index (χ1n) is 6.26. The van der Waals surface area contributed by atoms with Crippen molar-refractivity contribution in [2.75, 3.05) is 18.0 Å². The number of aromatic nitrogens is 3. The lowest BCUT2D eigenvalue weighted by molar-refractivity contribution is 0.505. The largest absolute Gasteiger partial charge is 0.355 e. The lowest BCUT2D eigenvalue weighted by atomic mass is 9.99. The fourth-order valence-corrected chi connectivity index (χ4v) is 3.30. The summed E-state index contributed by atoms with van der Waals surface area (Å²) in [7, 11) is 0. The third-order valence-corrected chi connectivity index (χ3v) is 4.36. The van der Waals surface area contributed by atoms with E-state index in [0.29, 0.717) is 5.92 Å². The number of thiazole rings is 1. The summed E-state index contributed by atoms with van der Waals surface area (Å²) in [5.41, 5.74) is 0. The normalized spacial score (nSPS) is 20.1. The second-order valence-corrected chi connectivity index (χ2v) is 5.92. The van der Waals surface area contributed by atoms with Gasteiger partial charge in [-0.15, -0.1) is 11.3 Å². The van der Waals surface area contributed by atoms with Crippen molar-refractivity contribution in [1.29, 1.82) is 0 Å². The smallest absolute Gasteiger partial charge is 0.147 e. The molecule has 0 spiro atoms. The van der Waals surface area contributed by atoms with Crippen molar-refractivity contribution in [3.8, 4) is 0 Å². The Balaban J connectivity index is 1.76. The molecule has 0 aromatic carbocycles. The van der Waals surface area contributed by atoms with Crippen molar-refractivity contribution in [2.45, 2.75) is 25.7 Å². The summed E-state index contributed by atoms with van der Waals surface area (Å²) in [6.07, 6.45) is 9.71. The minimum atomic E-state index is 0.541. The molecular formula is C13H16N4S. The first-order chi connectivity index (χ1) is 8.83. The third kappa shape index (κ3) is 2.36. The van der Waals surface area contributed by atoms with E-state index in [1.807, 2.05) is 23.7 Å². The van der Waals surface area contributed by atoms with Crippen molar-refractivity contribution in [3.63, 3.8) is 0 Å². The van der Waals surface area contributed by atoms with Crippen molar-refractivity contribution in [3.05, 3.63) is 34.7 Å². The lowest BCUT2D eigenvalue weighted by Crippen LogP contribution is -2.34. The average Bonchev–Trinajstić information content (AvgIpc) is 2.87. The number of anilines is 1. The maximum Gasteiger partial charge on any atom is 0.147 e. The summed E-state index contributed by atoms with van der Waals surface area (Å²) in [6.45, 7) is 4.19. The van der Waals surface area contributed by atoms with Crippen molar-refractivity contribution >= 4 is 17.2 Å². The molecule has 0 bridgehead atoms. The Morgan fingerprint density at radius 3 is 2.94 bits per heavy atom. The Labute approximate surface area is 111 Å². The molecule has 0 radical (unpaired) electrons. The zero-order chi connectivity index (χ0) is 12.4. The molecule has 18 heavy (non-hydrogen) atoms. The standard InChI is InChI=1S/C13H16N4S/c1-10-7-16-13(18-10)11-3-2-6-17(9-11)12-8-14-4-5-15-12/h4-5,7-8,11H,2-3,6,9H2,1H3/t11-/m0/s1. The van der Waals surface area contributed by atoms with E-state index in [4.69, 9.17) is 0 Å². The van der Waals surface area contributed by atoms with E-state index in [1.165, 1.54) is 22.7 Å². The highest BCUT2D eigenvalue weighted by Gasteiger charge is 2.24. The second-order valence-electron chi connectivity index (χ2n) is 4.66. The number of nitrogens with zero attached hydrogens (tertiary/aromatic N) is 4. The van der Waals surface area contributed by atoms with E-state index in [1.54, 1.807) is 12.4 Å². The van der Waals surface area contributed by atoms with Crippen LogP contribution >= 0.6 is 11.3 Å². The molecule has 0 aliphatic carbocycles. The molecule has 0 saturated carbocycles. The highest BCUT2D eigenvalue weighted by atomic mass is 32.1. The van der Waals surface area contributed by atoms with E-state index in [2.05, 4.69) is 26.8 Å². The molecule has 2 aromatic heterocycles. The van der Waals surface area contributed by atoms with Crippen LogP contribution in [0.4, 0.5) is 5.82 Å². The Hall–Kier alpha value is -1.49. The fourth-order valence-electron chi connectivity index (χ4n) is 2.40. The molecule has 1 fully saturated rings. The van der Waals surface area contributed by atoms with Gasteiger partial charge in [0.25, 0.3) is 0 Å². The quantitative estimate of drug-likeness (QED) is 0.832. The number of hydrogen-bond acceptors (Lipinski definition) is 5. The summed E-state index contributed by atoms with van der Waals surface area (Å²) in [6, 6.07) is 0. The van der Waals surface area contributed by atoms with Crippen LogP contribution in [0, 0.1) is 6.92 Å². The van der Waals surface area contributed by atoms with E-state index in [0.717, 1.165) is 18.9 Å². The minimum Gasteiger partial charge on any atom is -0.355 e. The number of hydrogen-bond donors (Lipinski definition) is 0. The fraction of sp³-hybridized carbons (Fsp3) is 0.462. The zero-order valence-electron chi connectivity index (χ0n) is 10.4. The van der Waals surface area contributed by atoms with Crippen LogP contribution in [-0.2, 0) is 0 Å². The van der Waals surface area contributed by atoms with Crippen molar-refractivity contribution in [2.24, 2.45) is 0 Å².